The van der Waals surface area contributed by atoms with Crippen molar-refractivity contribution in [2.75, 3.05) is 18.9 Å². The molecule has 0 bridgehead atoms. The molecule has 1 aromatic carbocycles. The number of anilines is 1. The van der Waals surface area contributed by atoms with E-state index in [1.54, 1.807) is 13.1 Å². The highest BCUT2D eigenvalue weighted by Gasteiger charge is 2.00. The Balaban J connectivity index is 2.38. The largest absolute Gasteiger partial charge is 0.384 e. The van der Waals surface area contributed by atoms with Gasteiger partial charge in [0.15, 0.2) is 0 Å². The molecule has 0 aliphatic rings. The molecule has 84 valence electrons. The number of nitrogens with one attached hydrogen (secondary N) is 2. The Morgan fingerprint density at radius 2 is 2.19 bits per heavy atom. The molecule has 16 heavy (non-hydrogen) atoms. The Kier molecular flexibility index (Phi) is 4.87. The maximum Gasteiger partial charge on any atom is 0.219 e. The van der Waals surface area contributed by atoms with E-state index < -0.39 is 0 Å². The monoisotopic (exact) mass is 217 g/mol. The summed E-state index contributed by atoms with van der Waals surface area (Å²) in [5, 5.41) is 14.6. The second kappa shape index (κ2) is 6.46. The number of rotatable bonds is 5. The zero-order chi connectivity index (χ0) is 11.8. The van der Waals surface area contributed by atoms with E-state index in [4.69, 9.17) is 5.26 Å². The molecule has 0 heterocycles. The third kappa shape index (κ3) is 3.62. The van der Waals surface area contributed by atoms with E-state index in [0.717, 1.165) is 12.1 Å². The van der Waals surface area contributed by atoms with Crippen LogP contribution in [0.25, 0.3) is 0 Å². The number of hydrogen-bond acceptors (Lipinski definition) is 3. The van der Waals surface area contributed by atoms with Crippen molar-refractivity contribution in [1.82, 2.24) is 5.32 Å². The number of amides is 1. The van der Waals surface area contributed by atoms with Crippen molar-refractivity contribution in [3.05, 3.63) is 29.8 Å². The molecule has 1 amide bonds. The fourth-order valence-electron chi connectivity index (χ4n) is 1.33. The van der Waals surface area contributed by atoms with Crippen LogP contribution in [0.5, 0.6) is 0 Å². The number of para-hydroxylation sites is 1. The minimum Gasteiger partial charge on any atom is -0.384 e. The molecule has 1 rings (SSSR count). The summed E-state index contributed by atoms with van der Waals surface area (Å²) in [5.74, 6) is 0.0374. The minimum atomic E-state index is 0.0374. The summed E-state index contributed by atoms with van der Waals surface area (Å²) < 4.78 is 0. The van der Waals surface area contributed by atoms with Gasteiger partial charge in [-0.2, -0.15) is 5.26 Å². The zero-order valence-electron chi connectivity index (χ0n) is 9.29. The maximum absolute atomic E-state index is 11.0. The van der Waals surface area contributed by atoms with Gasteiger partial charge in [0.1, 0.15) is 6.07 Å². The van der Waals surface area contributed by atoms with E-state index in [1.807, 2.05) is 18.2 Å². The van der Waals surface area contributed by atoms with Crippen LogP contribution in [-0.4, -0.2) is 19.5 Å². The molecular weight excluding hydrogens is 202 g/mol. The second-order valence-electron chi connectivity index (χ2n) is 3.36. The molecule has 2 N–H and O–H groups in total. The van der Waals surface area contributed by atoms with Crippen LogP contribution >= 0.6 is 0 Å². The van der Waals surface area contributed by atoms with E-state index in [2.05, 4.69) is 16.7 Å². The maximum atomic E-state index is 11.0. The van der Waals surface area contributed by atoms with Crippen LogP contribution in [0.3, 0.4) is 0 Å². The van der Waals surface area contributed by atoms with Gasteiger partial charge in [0, 0.05) is 20.0 Å². The molecule has 4 nitrogen and oxygen atoms in total. The Morgan fingerprint density at radius 1 is 1.44 bits per heavy atom. The molecule has 0 aromatic heterocycles. The molecule has 0 aliphatic carbocycles. The standard InChI is InChI=1S/C12H15N3O/c1-14-12(16)7-4-8-15-11-6-3-2-5-10(11)9-13/h2-3,5-6,15H,4,7-8H2,1H3,(H,14,16). The molecular formula is C12H15N3O. The lowest BCUT2D eigenvalue weighted by Crippen LogP contribution is -2.18. The van der Waals surface area contributed by atoms with Crippen LogP contribution in [0.1, 0.15) is 18.4 Å². The molecule has 0 radical (unpaired) electrons. The summed E-state index contributed by atoms with van der Waals surface area (Å²) in [6.45, 7) is 0.687. The second-order valence-corrected chi connectivity index (χ2v) is 3.36. The molecule has 0 saturated heterocycles. The molecule has 0 saturated carbocycles. The lowest BCUT2D eigenvalue weighted by molar-refractivity contribution is -0.120. The highest BCUT2D eigenvalue weighted by molar-refractivity contribution is 5.75. The Bertz CT molecular complexity index is 395. The summed E-state index contributed by atoms with van der Waals surface area (Å²) >= 11 is 0. The number of carbonyl (C=O) groups is 1. The highest BCUT2D eigenvalue weighted by Crippen LogP contribution is 2.13. The van der Waals surface area contributed by atoms with E-state index in [0.29, 0.717) is 18.5 Å². The first kappa shape index (κ1) is 12.1. The summed E-state index contributed by atoms with van der Waals surface area (Å²) in [7, 11) is 1.63. The summed E-state index contributed by atoms with van der Waals surface area (Å²) in [6.07, 6.45) is 1.25. The highest BCUT2D eigenvalue weighted by atomic mass is 16.1. The van der Waals surface area contributed by atoms with Gasteiger partial charge in [0.05, 0.1) is 11.3 Å². The number of benzene rings is 1. The van der Waals surface area contributed by atoms with Gasteiger partial charge in [-0.25, -0.2) is 0 Å². The zero-order valence-corrected chi connectivity index (χ0v) is 9.29. The van der Waals surface area contributed by atoms with Crippen LogP contribution in [-0.2, 0) is 4.79 Å². The number of nitrogens with zero attached hydrogens (tertiary/aromatic N) is 1. The average molecular weight is 217 g/mol. The van der Waals surface area contributed by atoms with Gasteiger partial charge in [-0.3, -0.25) is 4.79 Å². The van der Waals surface area contributed by atoms with Crippen molar-refractivity contribution >= 4 is 11.6 Å². The van der Waals surface area contributed by atoms with Crippen molar-refractivity contribution in [3.8, 4) is 6.07 Å². The number of nitriles is 1. The van der Waals surface area contributed by atoms with E-state index in [9.17, 15) is 4.79 Å². The van der Waals surface area contributed by atoms with Crippen molar-refractivity contribution in [3.63, 3.8) is 0 Å². The van der Waals surface area contributed by atoms with Gasteiger partial charge in [-0.15, -0.1) is 0 Å². The first-order valence-electron chi connectivity index (χ1n) is 5.21. The van der Waals surface area contributed by atoms with Gasteiger partial charge in [0.25, 0.3) is 0 Å². The van der Waals surface area contributed by atoms with E-state index in [-0.39, 0.29) is 5.91 Å². The number of carbonyl (C=O) groups excluding carboxylic acids is 1. The molecule has 0 atom stereocenters. The van der Waals surface area contributed by atoms with Crippen molar-refractivity contribution in [1.29, 1.82) is 5.26 Å². The predicted octanol–water partition coefficient (Wildman–Crippen LogP) is 1.50. The van der Waals surface area contributed by atoms with Crippen LogP contribution in [0, 0.1) is 11.3 Å². The van der Waals surface area contributed by atoms with Gasteiger partial charge in [0.2, 0.25) is 5.91 Å². The summed E-state index contributed by atoms with van der Waals surface area (Å²) in [6, 6.07) is 9.44. The van der Waals surface area contributed by atoms with Crippen molar-refractivity contribution < 1.29 is 4.79 Å². The molecule has 0 spiro atoms. The summed E-state index contributed by atoms with van der Waals surface area (Å²) in [5.41, 5.74) is 1.45. The van der Waals surface area contributed by atoms with Crippen LogP contribution in [0.4, 0.5) is 5.69 Å². The molecule has 0 unspecified atom stereocenters. The first-order chi connectivity index (χ1) is 7.77. The fraction of sp³-hybridized carbons (Fsp3) is 0.333. The van der Waals surface area contributed by atoms with E-state index >= 15 is 0 Å². The van der Waals surface area contributed by atoms with Gasteiger partial charge < -0.3 is 10.6 Å². The van der Waals surface area contributed by atoms with Crippen LogP contribution < -0.4 is 10.6 Å². The molecule has 1 aromatic rings. The van der Waals surface area contributed by atoms with Crippen LogP contribution in [0.15, 0.2) is 24.3 Å². The quantitative estimate of drug-likeness (QED) is 0.734. The average Bonchev–Trinajstić information content (AvgIpc) is 2.34. The van der Waals surface area contributed by atoms with Gasteiger partial charge in [-0.1, -0.05) is 12.1 Å². The third-order valence-corrected chi connectivity index (χ3v) is 2.22. The minimum absolute atomic E-state index is 0.0374. The Morgan fingerprint density at radius 3 is 2.88 bits per heavy atom. The fourth-order valence-corrected chi connectivity index (χ4v) is 1.33. The van der Waals surface area contributed by atoms with E-state index in [1.165, 1.54) is 0 Å². The summed E-state index contributed by atoms with van der Waals surface area (Å²) in [4.78, 5) is 11.0. The predicted molar refractivity (Wildman–Crippen MR) is 62.9 cm³/mol. The first-order valence-corrected chi connectivity index (χ1v) is 5.21. The van der Waals surface area contributed by atoms with Gasteiger partial charge >= 0.3 is 0 Å². The van der Waals surface area contributed by atoms with Crippen molar-refractivity contribution in [2.45, 2.75) is 12.8 Å². The lowest BCUT2D eigenvalue weighted by Gasteiger charge is -2.07. The van der Waals surface area contributed by atoms with Crippen LogP contribution in [0.2, 0.25) is 0 Å². The van der Waals surface area contributed by atoms with Crippen molar-refractivity contribution in [2.24, 2.45) is 0 Å². The molecule has 4 heteroatoms. The Hall–Kier alpha value is -2.02. The number of hydrogen-bond donors (Lipinski definition) is 2. The molecule has 0 aliphatic heterocycles. The molecule has 0 fully saturated rings. The SMILES string of the molecule is CNC(=O)CCCNc1ccccc1C#N. The smallest absolute Gasteiger partial charge is 0.219 e. The van der Waals surface area contributed by atoms with Gasteiger partial charge in [-0.05, 0) is 18.6 Å². The lowest BCUT2D eigenvalue weighted by atomic mass is 10.2. The Labute approximate surface area is 95.3 Å². The topological polar surface area (TPSA) is 64.9 Å². The normalized spacial score (nSPS) is 9.25. The third-order valence-electron chi connectivity index (χ3n) is 2.22.